The van der Waals surface area contributed by atoms with Gasteiger partial charge in [0.1, 0.15) is 11.4 Å². The van der Waals surface area contributed by atoms with E-state index < -0.39 is 0 Å². The molecule has 0 aliphatic rings. The molecule has 13 heavy (non-hydrogen) atoms. The van der Waals surface area contributed by atoms with Crippen LogP contribution in [0.25, 0.3) is 11.3 Å². The van der Waals surface area contributed by atoms with Crippen molar-refractivity contribution in [2.75, 3.05) is 0 Å². The third-order valence-electron chi connectivity index (χ3n) is 1.66. The number of aromatic nitrogens is 3. The molecular formula is C8H6BrN3O. The Morgan fingerprint density at radius 2 is 2.23 bits per heavy atom. The number of hydrogen-bond acceptors (Lipinski definition) is 3. The fraction of sp³-hybridized carbons (Fsp3) is 0. The van der Waals surface area contributed by atoms with E-state index >= 15 is 0 Å². The second-order valence-corrected chi connectivity index (χ2v) is 3.34. The predicted molar refractivity (Wildman–Crippen MR) is 51.2 cm³/mol. The second-order valence-electron chi connectivity index (χ2n) is 2.49. The van der Waals surface area contributed by atoms with Crippen LogP contribution in [0.2, 0.25) is 0 Å². The Labute approximate surface area is 82.7 Å². The zero-order valence-electron chi connectivity index (χ0n) is 6.53. The summed E-state index contributed by atoms with van der Waals surface area (Å²) in [6.07, 6.45) is 1.56. The number of aromatic hydroxyl groups is 1. The van der Waals surface area contributed by atoms with Crippen LogP contribution in [0, 0.1) is 0 Å². The lowest BCUT2D eigenvalue weighted by atomic mass is 10.1. The molecule has 0 amide bonds. The number of aromatic amines is 1. The largest absolute Gasteiger partial charge is 0.507 e. The van der Waals surface area contributed by atoms with Crippen molar-refractivity contribution in [1.29, 1.82) is 0 Å². The van der Waals surface area contributed by atoms with E-state index in [1.807, 2.05) is 6.07 Å². The number of halogens is 1. The first kappa shape index (κ1) is 8.25. The molecule has 1 aromatic carbocycles. The van der Waals surface area contributed by atoms with E-state index in [-0.39, 0.29) is 5.75 Å². The molecule has 0 aliphatic heterocycles. The summed E-state index contributed by atoms with van der Waals surface area (Å²) in [6, 6.07) is 5.20. The molecular weight excluding hydrogens is 234 g/mol. The SMILES string of the molecule is Oc1cccc(Br)c1-c1cn[nH]n1. The molecule has 1 aromatic heterocycles. The van der Waals surface area contributed by atoms with E-state index in [4.69, 9.17) is 0 Å². The van der Waals surface area contributed by atoms with Crippen molar-refractivity contribution >= 4 is 15.9 Å². The van der Waals surface area contributed by atoms with E-state index in [1.165, 1.54) is 0 Å². The Hall–Kier alpha value is -1.36. The molecule has 0 radical (unpaired) electrons. The zero-order chi connectivity index (χ0) is 9.26. The number of benzene rings is 1. The Bertz CT molecular complexity index is 393. The monoisotopic (exact) mass is 239 g/mol. The minimum Gasteiger partial charge on any atom is -0.507 e. The average Bonchev–Trinajstić information content (AvgIpc) is 2.57. The van der Waals surface area contributed by atoms with Crippen LogP contribution >= 0.6 is 15.9 Å². The number of nitrogens with one attached hydrogen (secondary N) is 1. The molecule has 1 heterocycles. The van der Waals surface area contributed by atoms with Gasteiger partial charge in [-0.25, -0.2) is 0 Å². The number of hydrogen-bond donors (Lipinski definition) is 2. The smallest absolute Gasteiger partial charge is 0.126 e. The molecule has 4 nitrogen and oxygen atoms in total. The molecule has 2 N–H and O–H groups in total. The summed E-state index contributed by atoms with van der Waals surface area (Å²) in [6.45, 7) is 0. The van der Waals surface area contributed by atoms with Gasteiger partial charge in [-0.05, 0) is 28.1 Å². The minimum atomic E-state index is 0.184. The highest BCUT2D eigenvalue weighted by Crippen LogP contribution is 2.33. The molecule has 66 valence electrons. The van der Waals surface area contributed by atoms with Crippen LogP contribution in [0.3, 0.4) is 0 Å². The topological polar surface area (TPSA) is 61.8 Å². The highest BCUT2D eigenvalue weighted by atomic mass is 79.9. The Morgan fingerprint density at radius 1 is 1.38 bits per heavy atom. The van der Waals surface area contributed by atoms with Crippen molar-refractivity contribution < 1.29 is 5.11 Å². The van der Waals surface area contributed by atoms with E-state index in [1.54, 1.807) is 18.3 Å². The van der Waals surface area contributed by atoms with E-state index in [2.05, 4.69) is 31.3 Å². The summed E-state index contributed by atoms with van der Waals surface area (Å²) < 4.78 is 0.793. The van der Waals surface area contributed by atoms with Gasteiger partial charge in [0.25, 0.3) is 0 Å². The van der Waals surface area contributed by atoms with Gasteiger partial charge in [0, 0.05) is 4.47 Å². The third-order valence-corrected chi connectivity index (χ3v) is 2.32. The molecule has 0 bridgehead atoms. The lowest BCUT2D eigenvalue weighted by Gasteiger charge is -2.01. The fourth-order valence-electron chi connectivity index (χ4n) is 1.09. The zero-order valence-corrected chi connectivity index (χ0v) is 8.12. The standard InChI is InChI=1S/C8H6BrN3O/c9-5-2-1-3-7(13)8(5)6-4-10-12-11-6/h1-4,13H,(H,10,11,12). The van der Waals surface area contributed by atoms with Crippen molar-refractivity contribution in [3.8, 4) is 17.0 Å². The van der Waals surface area contributed by atoms with E-state index in [9.17, 15) is 5.11 Å². The molecule has 0 saturated heterocycles. The lowest BCUT2D eigenvalue weighted by molar-refractivity contribution is 0.477. The van der Waals surface area contributed by atoms with Crippen molar-refractivity contribution in [2.45, 2.75) is 0 Å². The number of phenols is 1. The fourth-order valence-corrected chi connectivity index (χ4v) is 1.65. The summed E-state index contributed by atoms with van der Waals surface area (Å²) in [7, 11) is 0. The van der Waals surface area contributed by atoms with Gasteiger partial charge < -0.3 is 5.11 Å². The first-order valence-electron chi connectivity index (χ1n) is 3.62. The number of H-pyrrole nitrogens is 1. The van der Waals surface area contributed by atoms with E-state index in [0.717, 1.165) is 4.47 Å². The summed E-state index contributed by atoms with van der Waals surface area (Å²) in [5.74, 6) is 0.184. The van der Waals surface area contributed by atoms with Crippen LogP contribution in [-0.4, -0.2) is 20.5 Å². The summed E-state index contributed by atoms with van der Waals surface area (Å²) in [5.41, 5.74) is 1.27. The summed E-state index contributed by atoms with van der Waals surface area (Å²) in [5, 5.41) is 19.6. The van der Waals surface area contributed by atoms with Crippen LogP contribution in [0.1, 0.15) is 0 Å². The quantitative estimate of drug-likeness (QED) is 0.800. The average molecular weight is 240 g/mol. The Kier molecular flexibility index (Phi) is 2.02. The number of nitrogens with zero attached hydrogens (tertiary/aromatic N) is 2. The summed E-state index contributed by atoms with van der Waals surface area (Å²) >= 11 is 3.33. The second kappa shape index (κ2) is 3.18. The van der Waals surface area contributed by atoms with Gasteiger partial charge in [-0.1, -0.05) is 6.07 Å². The summed E-state index contributed by atoms with van der Waals surface area (Å²) in [4.78, 5) is 0. The maximum atomic E-state index is 9.55. The molecule has 2 aromatic rings. The minimum absolute atomic E-state index is 0.184. The van der Waals surface area contributed by atoms with Gasteiger partial charge in [0.15, 0.2) is 0 Å². The van der Waals surface area contributed by atoms with Crippen molar-refractivity contribution in [3.63, 3.8) is 0 Å². The molecule has 0 atom stereocenters. The van der Waals surface area contributed by atoms with Gasteiger partial charge in [0.05, 0.1) is 11.8 Å². The molecule has 0 spiro atoms. The first-order valence-corrected chi connectivity index (χ1v) is 4.42. The highest BCUT2D eigenvalue weighted by Gasteiger charge is 2.09. The first-order chi connectivity index (χ1) is 6.29. The Morgan fingerprint density at radius 3 is 2.85 bits per heavy atom. The predicted octanol–water partition coefficient (Wildman–Crippen LogP) is 1.94. The normalized spacial score (nSPS) is 10.2. The van der Waals surface area contributed by atoms with Crippen LogP contribution in [-0.2, 0) is 0 Å². The molecule has 0 aliphatic carbocycles. The van der Waals surface area contributed by atoms with Gasteiger partial charge in [-0.15, -0.1) is 0 Å². The van der Waals surface area contributed by atoms with Gasteiger partial charge in [-0.3, -0.25) is 0 Å². The van der Waals surface area contributed by atoms with Crippen LogP contribution in [0.15, 0.2) is 28.9 Å². The van der Waals surface area contributed by atoms with Crippen LogP contribution < -0.4 is 0 Å². The lowest BCUT2D eigenvalue weighted by Crippen LogP contribution is -1.81. The van der Waals surface area contributed by atoms with Crippen LogP contribution in [0.5, 0.6) is 5.75 Å². The van der Waals surface area contributed by atoms with E-state index in [0.29, 0.717) is 11.3 Å². The van der Waals surface area contributed by atoms with Gasteiger partial charge in [-0.2, -0.15) is 15.4 Å². The van der Waals surface area contributed by atoms with Crippen molar-refractivity contribution in [1.82, 2.24) is 15.4 Å². The van der Waals surface area contributed by atoms with Crippen molar-refractivity contribution in [2.24, 2.45) is 0 Å². The van der Waals surface area contributed by atoms with Crippen LogP contribution in [0.4, 0.5) is 0 Å². The van der Waals surface area contributed by atoms with Gasteiger partial charge >= 0.3 is 0 Å². The molecule has 0 unspecified atom stereocenters. The number of rotatable bonds is 1. The number of phenolic OH excluding ortho intramolecular Hbond substituents is 1. The molecule has 0 fully saturated rings. The van der Waals surface area contributed by atoms with Gasteiger partial charge in [0.2, 0.25) is 0 Å². The maximum absolute atomic E-state index is 9.55. The Balaban J connectivity index is 2.64. The molecule has 0 saturated carbocycles. The third kappa shape index (κ3) is 1.42. The molecule has 2 rings (SSSR count). The highest BCUT2D eigenvalue weighted by molar-refractivity contribution is 9.10. The maximum Gasteiger partial charge on any atom is 0.126 e. The van der Waals surface area contributed by atoms with Crippen molar-refractivity contribution in [3.05, 3.63) is 28.9 Å². The molecule has 5 heteroatoms.